The normalized spacial score (nSPS) is 13.7. The summed E-state index contributed by atoms with van der Waals surface area (Å²) >= 11 is 1.93. The molecule has 4 heteroatoms. The van der Waals surface area contributed by atoms with E-state index in [4.69, 9.17) is 0 Å². The number of nitrogens with zero attached hydrogens (tertiary/aromatic N) is 2. The number of fused-ring (bicyclic) bond motifs is 1. The fourth-order valence-corrected chi connectivity index (χ4v) is 3.65. The number of anilines is 1. The summed E-state index contributed by atoms with van der Waals surface area (Å²) in [4.78, 5) is 11.8. The Morgan fingerprint density at radius 2 is 1.94 bits per heavy atom. The Morgan fingerprint density at radius 1 is 1.17 bits per heavy atom. The molecule has 0 unspecified atom stereocenters. The highest BCUT2D eigenvalue weighted by Crippen LogP contribution is 2.30. The van der Waals surface area contributed by atoms with Crippen molar-refractivity contribution in [2.75, 3.05) is 5.32 Å². The lowest BCUT2D eigenvalue weighted by Crippen LogP contribution is -2.04. The van der Waals surface area contributed by atoms with Crippen LogP contribution in [0.1, 0.15) is 33.1 Å². The van der Waals surface area contributed by atoms with Gasteiger partial charge in [0.05, 0.1) is 6.54 Å². The second-order valence-corrected chi connectivity index (χ2v) is 6.06. The average molecular weight is 259 g/mol. The molecule has 1 aliphatic rings. The molecule has 3 rings (SSSR count). The van der Waals surface area contributed by atoms with Crippen molar-refractivity contribution >= 4 is 17.3 Å². The minimum Gasteiger partial charge on any atom is -0.349 e. The highest BCUT2D eigenvalue weighted by Gasteiger charge is 2.14. The van der Waals surface area contributed by atoms with Crippen LogP contribution < -0.4 is 5.32 Å². The fraction of sp³-hybridized carbons (Fsp3) is 0.429. The first-order chi connectivity index (χ1) is 8.70. The molecule has 0 fully saturated rings. The lowest BCUT2D eigenvalue weighted by Gasteiger charge is -2.05. The Balaban J connectivity index is 1.70. The zero-order valence-corrected chi connectivity index (χ0v) is 11.6. The highest BCUT2D eigenvalue weighted by atomic mass is 32.1. The first-order valence-electron chi connectivity index (χ1n) is 6.37. The van der Waals surface area contributed by atoms with E-state index in [-0.39, 0.29) is 0 Å². The topological polar surface area (TPSA) is 37.8 Å². The van der Waals surface area contributed by atoms with Gasteiger partial charge in [0.25, 0.3) is 0 Å². The Bertz CT molecular complexity index is 533. The van der Waals surface area contributed by atoms with E-state index < -0.39 is 0 Å². The maximum absolute atomic E-state index is 4.39. The van der Waals surface area contributed by atoms with E-state index in [0.717, 1.165) is 23.9 Å². The Hall–Kier alpha value is -1.42. The standard InChI is InChI=1S/C14H17N3S/c1-9-6-10(2)17-14(16-9)15-8-12-7-11-4-3-5-13(11)18-12/h6-7H,3-5,8H2,1-2H3,(H,15,16,17). The third kappa shape index (κ3) is 2.38. The summed E-state index contributed by atoms with van der Waals surface area (Å²) in [6, 6.07) is 4.33. The van der Waals surface area contributed by atoms with Gasteiger partial charge in [0.1, 0.15) is 0 Å². The van der Waals surface area contributed by atoms with Crippen molar-refractivity contribution in [1.29, 1.82) is 0 Å². The van der Waals surface area contributed by atoms with Crippen LogP contribution in [0.4, 0.5) is 5.95 Å². The monoisotopic (exact) mass is 259 g/mol. The summed E-state index contributed by atoms with van der Waals surface area (Å²) < 4.78 is 0. The predicted octanol–water partition coefficient (Wildman–Crippen LogP) is 3.26. The van der Waals surface area contributed by atoms with Crippen LogP contribution in [0.15, 0.2) is 12.1 Å². The van der Waals surface area contributed by atoms with E-state index in [9.17, 15) is 0 Å². The molecule has 0 aliphatic heterocycles. The molecule has 2 aromatic heterocycles. The summed E-state index contributed by atoms with van der Waals surface area (Å²) in [5.41, 5.74) is 3.58. The molecule has 2 heterocycles. The van der Waals surface area contributed by atoms with Crippen LogP contribution in [-0.2, 0) is 19.4 Å². The van der Waals surface area contributed by atoms with E-state index in [1.54, 1.807) is 10.4 Å². The van der Waals surface area contributed by atoms with E-state index in [1.807, 2.05) is 31.3 Å². The van der Waals surface area contributed by atoms with Crippen molar-refractivity contribution in [2.45, 2.75) is 39.7 Å². The number of rotatable bonds is 3. The van der Waals surface area contributed by atoms with Crippen LogP contribution in [0, 0.1) is 13.8 Å². The van der Waals surface area contributed by atoms with Crippen molar-refractivity contribution in [1.82, 2.24) is 9.97 Å². The van der Waals surface area contributed by atoms with Crippen molar-refractivity contribution in [3.05, 3.63) is 38.8 Å². The average Bonchev–Trinajstić information content (AvgIpc) is 2.84. The van der Waals surface area contributed by atoms with Gasteiger partial charge in [-0.05, 0) is 50.8 Å². The maximum Gasteiger partial charge on any atom is 0.223 e. The SMILES string of the molecule is Cc1cc(C)nc(NCc2cc3c(s2)CCC3)n1. The van der Waals surface area contributed by atoms with Crippen LogP contribution in [0.2, 0.25) is 0 Å². The smallest absolute Gasteiger partial charge is 0.223 e. The minimum absolute atomic E-state index is 0.737. The van der Waals surface area contributed by atoms with Crippen LogP contribution >= 0.6 is 11.3 Å². The summed E-state index contributed by atoms with van der Waals surface area (Å²) in [6.07, 6.45) is 3.85. The molecule has 0 bridgehead atoms. The van der Waals surface area contributed by atoms with E-state index >= 15 is 0 Å². The van der Waals surface area contributed by atoms with Gasteiger partial charge >= 0.3 is 0 Å². The van der Waals surface area contributed by atoms with E-state index in [0.29, 0.717) is 0 Å². The summed E-state index contributed by atoms with van der Waals surface area (Å²) in [5.74, 6) is 0.737. The molecule has 0 saturated carbocycles. The van der Waals surface area contributed by atoms with Crippen molar-refractivity contribution in [3.63, 3.8) is 0 Å². The molecule has 0 amide bonds. The van der Waals surface area contributed by atoms with Crippen LogP contribution in [-0.4, -0.2) is 9.97 Å². The van der Waals surface area contributed by atoms with Gasteiger partial charge in [0, 0.05) is 21.1 Å². The van der Waals surface area contributed by atoms with Crippen LogP contribution in [0.25, 0.3) is 0 Å². The minimum atomic E-state index is 0.737. The number of aryl methyl sites for hydroxylation is 4. The number of aromatic nitrogens is 2. The molecule has 0 atom stereocenters. The molecule has 18 heavy (non-hydrogen) atoms. The van der Waals surface area contributed by atoms with Crippen molar-refractivity contribution < 1.29 is 0 Å². The molecule has 1 aliphatic carbocycles. The van der Waals surface area contributed by atoms with Crippen molar-refractivity contribution in [3.8, 4) is 0 Å². The summed E-state index contributed by atoms with van der Waals surface area (Å²) in [6.45, 7) is 4.83. The van der Waals surface area contributed by atoms with E-state index in [2.05, 4.69) is 21.4 Å². The third-order valence-corrected chi connectivity index (χ3v) is 4.44. The molecular weight excluding hydrogens is 242 g/mol. The van der Waals surface area contributed by atoms with E-state index in [1.165, 1.54) is 24.1 Å². The van der Waals surface area contributed by atoms with Gasteiger partial charge in [-0.25, -0.2) is 9.97 Å². The van der Waals surface area contributed by atoms with Gasteiger partial charge in [-0.3, -0.25) is 0 Å². The molecule has 1 N–H and O–H groups in total. The Morgan fingerprint density at radius 3 is 2.67 bits per heavy atom. The van der Waals surface area contributed by atoms with Gasteiger partial charge in [-0.2, -0.15) is 0 Å². The van der Waals surface area contributed by atoms with Crippen LogP contribution in [0.5, 0.6) is 0 Å². The van der Waals surface area contributed by atoms with Gasteiger partial charge in [-0.15, -0.1) is 11.3 Å². The summed E-state index contributed by atoms with van der Waals surface area (Å²) in [5, 5.41) is 3.32. The molecule has 94 valence electrons. The first kappa shape index (κ1) is 11.7. The Labute approximate surface area is 111 Å². The maximum atomic E-state index is 4.39. The second-order valence-electron chi connectivity index (χ2n) is 4.84. The molecule has 3 nitrogen and oxygen atoms in total. The lowest BCUT2D eigenvalue weighted by atomic mass is 10.2. The zero-order valence-electron chi connectivity index (χ0n) is 10.8. The third-order valence-electron chi connectivity index (χ3n) is 3.20. The number of hydrogen-bond acceptors (Lipinski definition) is 4. The number of nitrogens with one attached hydrogen (secondary N) is 1. The van der Waals surface area contributed by atoms with Gasteiger partial charge in [0.15, 0.2) is 0 Å². The molecule has 0 radical (unpaired) electrons. The first-order valence-corrected chi connectivity index (χ1v) is 7.19. The molecular formula is C14H17N3S. The van der Waals surface area contributed by atoms with Crippen LogP contribution in [0.3, 0.4) is 0 Å². The number of thiophene rings is 1. The van der Waals surface area contributed by atoms with Crippen molar-refractivity contribution in [2.24, 2.45) is 0 Å². The fourth-order valence-electron chi connectivity index (χ4n) is 2.45. The summed E-state index contributed by atoms with van der Waals surface area (Å²) in [7, 11) is 0. The molecule has 0 aromatic carbocycles. The second kappa shape index (κ2) is 4.69. The lowest BCUT2D eigenvalue weighted by molar-refractivity contribution is 0.913. The highest BCUT2D eigenvalue weighted by molar-refractivity contribution is 7.12. The van der Waals surface area contributed by atoms with Gasteiger partial charge in [-0.1, -0.05) is 0 Å². The zero-order chi connectivity index (χ0) is 12.5. The molecule has 2 aromatic rings. The molecule has 0 spiro atoms. The quantitative estimate of drug-likeness (QED) is 0.919. The Kier molecular flexibility index (Phi) is 3.04. The van der Waals surface area contributed by atoms with Gasteiger partial charge < -0.3 is 5.32 Å². The largest absolute Gasteiger partial charge is 0.349 e. The molecule has 0 saturated heterocycles. The predicted molar refractivity (Wildman–Crippen MR) is 75.2 cm³/mol. The number of hydrogen-bond donors (Lipinski definition) is 1. The van der Waals surface area contributed by atoms with Gasteiger partial charge in [0.2, 0.25) is 5.95 Å².